The minimum Gasteiger partial charge on any atom is -0.345 e. The highest BCUT2D eigenvalue weighted by atomic mass is 16.2. The third kappa shape index (κ3) is 7.36. The number of hydrogen-bond donors (Lipinski definition) is 1. The van der Waals surface area contributed by atoms with Gasteiger partial charge in [0.15, 0.2) is 0 Å². The summed E-state index contributed by atoms with van der Waals surface area (Å²) in [5.41, 5.74) is 0.277. The second-order valence-electron chi connectivity index (χ2n) is 5.88. The van der Waals surface area contributed by atoms with Gasteiger partial charge in [0, 0.05) is 32.3 Å². The average Bonchev–Trinajstić information content (AvgIpc) is 2.36. The van der Waals surface area contributed by atoms with Gasteiger partial charge in [0.05, 0.1) is 0 Å². The molecule has 0 spiro atoms. The summed E-state index contributed by atoms with van der Waals surface area (Å²) in [5.74, 6) is 0.0272. The minimum absolute atomic E-state index is 0.0272. The summed E-state index contributed by atoms with van der Waals surface area (Å²) < 4.78 is 0. The fraction of sp³-hybridized carbons (Fsp3) is 0.812. The molecule has 0 fully saturated rings. The molecule has 0 rings (SSSR count). The molecule has 0 aliphatic heterocycles. The number of hydrogen-bond acceptors (Lipinski definition) is 2. The van der Waals surface area contributed by atoms with Gasteiger partial charge in [-0.2, -0.15) is 0 Å². The zero-order valence-corrected chi connectivity index (χ0v) is 14.4. The molecule has 0 radical (unpaired) electrons. The third-order valence-electron chi connectivity index (χ3n) is 3.94. The van der Waals surface area contributed by atoms with Gasteiger partial charge in [0.2, 0.25) is 5.91 Å². The predicted octanol–water partition coefficient (Wildman–Crippen LogP) is 3.46. The Labute approximate surface area is 120 Å². The van der Waals surface area contributed by atoms with Crippen LogP contribution in [-0.2, 0) is 4.79 Å². The van der Waals surface area contributed by atoms with Crippen LogP contribution < -0.4 is 5.32 Å². The molecule has 1 N–H and O–H groups in total. The van der Waals surface area contributed by atoms with Crippen molar-refractivity contribution in [3.8, 4) is 0 Å². The molecule has 0 saturated heterocycles. The summed E-state index contributed by atoms with van der Waals surface area (Å²) in [6, 6.07) is 0. The molecule has 0 aliphatic carbocycles. The quantitative estimate of drug-likeness (QED) is 0.750. The van der Waals surface area contributed by atoms with Crippen LogP contribution >= 0.6 is 0 Å². The standard InChI is InChI=1S/C14H28N2O.C2H6/c1-8-13(2,3)14(4,5)15-11-9-10-12(17)16(6)7;1-2/h9-10,15H,8,11H2,1-7H3;1-2H3/b10-9+;. The minimum atomic E-state index is 0.0272. The Morgan fingerprint density at radius 2 is 1.63 bits per heavy atom. The maximum absolute atomic E-state index is 11.3. The van der Waals surface area contributed by atoms with Crippen LogP contribution in [0.2, 0.25) is 0 Å². The molecule has 0 saturated carbocycles. The third-order valence-corrected chi connectivity index (χ3v) is 3.94. The summed E-state index contributed by atoms with van der Waals surface area (Å²) in [6.07, 6.45) is 4.62. The summed E-state index contributed by atoms with van der Waals surface area (Å²) >= 11 is 0. The zero-order valence-electron chi connectivity index (χ0n) is 14.4. The van der Waals surface area contributed by atoms with E-state index in [1.807, 2.05) is 19.9 Å². The van der Waals surface area contributed by atoms with Gasteiger partial charge in [-0.05, 0) is 25.7 Å². The van der Waals surface area contributed by atoms with Crippen molar-refractivity contribution in [2.24, 2.45) is 5.41 Å². The van der Waals surface area contributed by atoms with Crippen molar-refractivity contribution in [1.82, 2.24) is 10.2 Å². The first-order valence-corrected chi connectivity index (χ1v) is 7.27. The molecule has 0 aromatic rings. The molecule has 0 aromatic carbocycles. The van der Waals surface area contributed by atoms with Crippen LogP contribution in [0.4, 0.5) is 0 Å². The van der Waals surface area contributed by atoms with E-state index in [-0.39, 0.29) is 16.9 Å². The molecule has 0 bridgehead atoms. The maximum Gasteiger partial charge on any atom is 0.245 e. The SMILES string of the molecule is CC.CCC(C)(C)C(C)(C)NC/C=C/C(=O)N(C)C. The molecule has 19 heavy (non-hydrogen) atoms. The van der Waals surface area contributed by atoms with Crippen LogP contribution in [0.25, 0.3) is 0 Å². The lowest BCUT2D eigenvalue weighted by Crippen LogP contribution is -2.51. The van der Waals surface area contributed by atoms with Crippen LogP contribution in [-0.4, -0.2) is 37.0 Å². The number of carbonyl (C=O) groups is 1. The smallest absolute Gasteiger partial charge is 0.245 e. The van der Waals surface area contributed by atoms with Crippen LogP contribution in [0.1, 0.15) is 54.9 Å². The van der Waals surface area contributed by atoms with Crippen LogP contribution in [0, 0.1) is 5.41 Å². The number of carbonyl (C=O) groups excluding carboxylic acids is 1. The molecule has 0 aliphatic rings. The van der Waals surface area contributed by atoms with Crippen LogP contribution in [0.5, 0.6) is 0 Å². The van der Waals surface area contributed by atoms with Crippen LogP contribution in [0.3, 0.4) is 0 Å². The van der Waals surface area contributed by atoms with Crippen molar-refractivity contribution < 1.29 is 4.79 Å². The first kappa shape index (κ1) is 20.5. The molecular formula is C16H34N2O. The Hall–Kier alpha value is -0.830. The molecule has 0 heterocycles. The van der Waals surface area contributed by atoms with E-state index in [4.69, 9.17) is 0 Å². The average molecular weight is 270 g/mol. The van der Waals surface area contributed by atoms with Gasteiger partial charge in [-0.1, -0.05) is 40.7 Å². The van der Waals surface area contributed by atoms with E-state index >= 15 is 0 Å². The number of nitrogens with zero attached hydrogens (tertiary/aromatic N) is 1. The Balaban J connectivity index is 0. The van der Waals surface area contributed by atoms with Gasteiger partial charge in [0.1, 0.15) is 0 Å². The van der Waals surface area contributed by atoms with Crippen molar-refractivity contribution >= 4 is 5.91 Å². The highest BCUT2D eigenvalue weighted by Crippen LogP contribution is 2.33. The molecule has 0 atom stereocenters. The number of rotatable bonds is 6. The number of nitrogens with one attached hydrogen (secondary N) is 1. The second kappa shape index (κ2) is 9.13. The highest BCUT2D eigenvalue weighted by Gasteiger charge is 2.34. The number of likely N-dealkylation sites (N-methyl/N-ethyl adjacent to an activating group) is 1. The first-order valence-electron chi connectivity index (χ1n) is 7.27. The summed E-state index contributed by atoms with van der Waals surface area (Å²) in [6.45, 7) is 15.9. The van der Waals surface area contributed by atoms with E-state index in [2.05, 4.69) is 39.9 Å². The lowest BCUT2D eigenvalue weighted by molar-refractivity contribution is -0.123. The van der Waals surface area contributed by atoms with Crippen molar-refractivity contribution in [1.29, 1.82) is 0 Å². The van der Waals surface area contributed by atoms with Gasteiger partial charge < -0.3 is 10.2 Å². The Morgan fingerprint density at radius 3 is 2.00 bits per heavy atom. The summed E-state index contributed by atoms with van der Waals surface area (Å²) in [7, 11) is 3.51. The lowest BCUT2D eigenvalue weighted by Gasteiger charge is -2.42. The second-order valence-corrected chi connectivity index (χ2v) is 5.88. The normalized spacial score (nSPS) is 12.1. The van der Waals surface area contributed by atoms with Crippen molar-refractivity contribution in [3.63, 3.8) is 0 Å². The molecular weight excluding hydrogens is 236 g/mol. The van der Waals surface area contributed by atoms with Gasteiger partial charge in [0.25, 0.3) is 0 Å². The predicted molar refractivity (Wildman–Crippen MR) is 85.3 cm³/mol. The van der Waals surface area contributed by atoms with E-state index in [9.17, 15) is 4.79 Å². The molecule has 3 heteroatoms. The summed E-state index contributed by atoms with van der Waals surface area (Å²) in [4.78, 5) is 12.9. The topological polar surface area (TPSA) is 32.3 Å². The fourth-order valence-electron chi connectivity index (χ4n) is 1.30. The van der Waals surface area contributed by atoms with Gasteiger partial charge >= 0.3 is 0 Å². The first-order chi connectivity index (χ1) is 8.64. The van der Waals surface area contributed by atoms with Crippen LogP contribution in [0.15, 0.2) is 12.2 Å². The van der Waals surface area contributed by atoms with Gasteiger partial charge in [-0.15, -0.1) is 0 Å². The molecule has 114 valence electrons. The summed E-state index contributed by atoms with van der Waals surface area (Å²) in [5, 5.41) is 3.49. The Bertz CT molecular complexity index is 278. The van der Waals surface area contributed by atoms with Crippen molar-refractivity contribution in [2.45, 2.75) is 60.4 Å². The van der Waals surface area contributed by atoms with E-state index in [0.717, 1.165) is 13.0 Å². The van der Waals surface area contributed by atoms with E-state index in [1.54, 1.807) is 25.1 Å². The Morgan fingerprint density at radius 1 is 1.16 bits per heavy atom. The zero-order chi connectivity index (χ0) is 15.7. The van der Waals surface area contributed by atoms with Gasteiger partial charge in [-0.3, -0.25) is 4.79 Å². The number of amides is 1. The molecule has 0 aromatic heterocycles. The highest BCUT2D eigenvalue weighted by molar-refractivity contribution is 5.87. The van der Waals surface area contributed by atoms with Gasteiger partial charge in [-0.25, -0.2) is 0 Å². The molecule has 0 unspecified atom stereocenters. The fourth-order valence-corrected chi connectivity index (χ4v) is 1.30. The van der Waals surface area contributed by atoms with E-state index in [1.165, 1.54) is 0 Å². The molecule has 1 amide bonds. The van der Waals surface area contributed by atoms with E-state index < -0.39 is 0 Å². The van der Waals surface area contributed by atoms with Crippen molar-refractivity contribution in [2.75, 3.05) is 20.6 Å². The monoisotopic (exact) mass is 270 g/mol. The molecule has 3 nitrogen and oxygen atoms in total. The lowest BCUT2D eigenvalue weighted by atomic mass is 9.72. The maximum atomic E-state index is 11.3. The largest absolute Gasteiger partial charge is 0.345 e. The van der Waals surface area contributed by atoms with Crippen molar-refractivity contribution in [3.05, 3.63) is 12.2 Å². The van der Waals surface area contributed by atoms with E-state index in [0.29, 0.717) is 0 Å². The Kier molecular flexibility index (Phi) is 9.85.